The first-order valence-corrected chi connectivity index (χ1v) is 4.35. The van der Waals surface area contributed by atoms with Gasteiger partial charge in [-0.05, 0) is 0 Å². The van der Waals surface area contributed by atoms with E-state index in [4.69, 9.17) is 30.5 Å². The van der Waals surface area contributed by atoms with Crippen LogP contribution in [0.1, 0.15) is 0 Å². The van der Waals surface area contributed by atoms with Crippen molar-refractivity contribution in [3.8, 4) is 0 Å². The van der Waals surface area contributed by atoms with Crippen molar-refractivity contribution in [2.45, 2.75) is 0 Å². The first kappa shape index (κ1) is 23.0. The zero-order chi connectivity index (χ0) is 9.00. The minimum atomic E-state index is -4.67. The Balaban J connectivity index is -0.0000000457. The van der Waals surface area contributed by atoms with E-state index < -0.39 is 20.7 Å². The molecule has 0 fully saturated rings. The second kappa shape index (κ2) is 8.33. The minimum Gasteiger partial charge on any atom is -0.274 e. The maximum atomic E-state index is 8.97. The van der Waals surface area contributed by atoms with Gasteiger partial charge in [0.05, 0.1) is 0 Å². The van der Waals surface area contributed by atoms with Crippen molar-refractivity contribution in [1.82, 2.24) is 0 Å². The summed E-state index contributed by atoms with van der Waals surface area (Å²) in [4.78, 5) is 0. The number of nitrogens with two attached hydrogens (primary N) is 1. The van der Waals surface area contributed by atoms with E-state index >= 15 is 0 Å². The van der Waals surface area contributed by atoms with Crippen molar-refractivity contribution in [2.75, 3.05) is 0 Å². The SMILES string of the molecule is NS(=O)(=O)O.O=S(=O)(O)O.[Ni].[Ni]. The maximum Gasteiger partial charge on any atom is 0.394 e. The quantitative estimate of drug-likeness (QED) is 0.300. The summed E-state index contributed by atoms with van der Waals surface area (Å²) in [7, 11) is -8.83. The van der Waals surface area contributed by atoms with E-state index in [0.29, 0.717) is 0 Å². The fourth-order valence-electron chi connectivity index (χ4n) is 0. The zero-order valence-electron chi connectivity index (χ0n) is 5.00. The predicted octanol–water partition coefficient (Wildman–Crippen LogP) is -1.91. The molecule has 0 aromatic heterocycles. The first-order valence-electron chi connectivity index (χ1n) is 1.45. The molecule has 0 saturated carbocycles. The topological polar surface area (TPSA) is 155 Å². The van der Waals surface area contributed by atoms with Crippen LogP contribution in [0.2, 0.25) is 0 Å². The Hall–Kier alpha value is 0.727. The zero-order valence-corrected chi connectivity index (χ0v) is 8.61. The molecule has 0 amide bonds. The summed E-state index contributed by atoms with van der Waals surface area (Å²) in [5.74, 6) is 0. The van der Waals surface area contributed by atoms with Crippen LogP contribution in [-0.4, -0.2) is 30.5 Å². The summed E-state index contributed by atoms with van der Waals surface area (Å²) in [5.41, 5.74) is 0. The van der Waals surface area contributed by atoms with Gasteiger partial charge in [0, 0.05) is 33.0 Å². The van der Waals surface area contributed by atoms with Crippen LogP contribution in [0.4, 0.5) is 0 Å². The smallest absolute Gasteiger partial charge is 0.274 e. The van der Waals surface area contributed by atoms with Crippen LogP contribution in [0.3, 0.4) is 0 Å². The van der Waals surface area contributed by atoms with Crippen molar-refractivity contribution in [2.24, 2.45) is 5.14 Å². The molecule has 0 aliphatic heterocycles. The standard InChI is InChI=1S/H3NO3S.2Ni.H2O4S/c1-5(2,3)4;;;1-5(2,3)4/h(H3,1,2,3,4);;;(H2,1,2,3,4). The molecule has 0 aliphatic carbocycles. The normalized spacial score (nSPS) is 9.67. The molecule has 12 heavy (non-hydrogen) atoms. The summed E-state index contributed by atoms with van der Waals surface area (Å²) in [6.07, 6.45) is 0. The molecule has 5 N–H and O–H groups in total. The van der Waals surface area contributed by atoms with E-state index in [9.17, 15) is 0 Å². The Morgan fingerprint density at radius 2 is 0.833 bits per heavy atom. The van der Waals surface area contributed by atoms with Gasteiger partial charge in [0.2, 0.25) is 0 Å². The molecule has 8 nitrogen and oxygen atoms in total. The molecular formula is H5NNi2O7S2. The summed E-state index contributed by atoms with van der Waals surface area (Å²) in [5, 5.41) is 3.88. The average Bonchev–Trinajstić information content (AvgIpc) is 1.12. The second-order valence-electron chi connectivity index (χ2n) is 0.963. The maximum absolute atomic E-state index is 8.97. The largest absolute Gasteiger partial charge is 0.394 e. The summed E-state index contributed by atoms with van der Waals surface area (Å²) in [6.45, 7) is 0. The van der Waals surface area contributed by atoms with E-state index in [1.807, 2.05) is 0 Å². The molecule has 0 radical (unpaired) electrons. The molecule has 0 spiro atoms. The van der Waals surface area contributed by atoms with Gasteiger partial charge in [-0.15, -0.1) is 0 Å². The molecule has 0 aliphatic rings. The fourth-order valence-corrected chi connectivity index (χ4v) is 0. The van der Waals surface area contributed by atoms with E-state index in [0.717, 1.165) is 0 Å². The van der Waals surface area contributed by atoms with Gasteiger partial charge in [0.1, 0.15) is 0 Å². The summed E-state index contributed by atoms with van der Waals surface area (Å²) >= 11 is 0. The van der Waals surface area contributed by atoms with Crippen molar-refractivity contribution in [3.05, 3.63) is 0 Å². The molecule has 0 aromatic carbocycles. The Morgan fingerprint density at radius 1 is 0.833 bits per heavy atom. The summed E-state index contributed by atoms with van der Waals surface area (Å²) in [6, 6.07) is 0. The van der Waals surface area contributed by atoms with Crippen molar-refractivity contribution >= 4 is 20.7 Å². The third-order valence-electron chi connectivity index (χ3n) is 0. The molecule has 0 heterocycles. The van der Waals surface area contributed by atoms with Gasteiger partial charge in [-0.2, -0.15) is 16.8 Å². The van der Waals surface area contributed by atoms with Gasteiger partial charge in [-0.25, -0.2) is 5.14 Å². The summed E-state index contributed by atoms with van der Waals surface area (Å²) < 4.78 is 56.8. The minimum absolute atomic E-state index is 0. The Bertz CT molecular complexity index is 216. The second-order valence-corrected chi connectivity index (χ2v) is 2.89. The monoisotopic (exact) mass is 311 g/mol. The molecule has 84 valence electrons. The third kappa shape index (κ3) is 1920. The van der Waals surface area contributed by atoms with Crippen molar-refractivity contribution in [3.63, 3.8) is 0 Å². The van der Waals surface area contributed by atoms with E-state index in [1.54, 1.807) is 0 Å². The molecule has 0 aromatic rings. The van der Waals surface area contributed by atoms with Crippen molar-refractivity contribution < 1.29 is 63.5 Å². The molecule has 12 heteroatoms. The molecule has 0 atom stereocenters. The molecule has 0 bridgehead atoms. The number of rotatable bonds is 0. The fraction of sp³-hybridized carbons (Fsp3) is 0. The third-order valence-corrected chi connectivity index (χ3v) is 0. The van der Waals surface area contributed by atoms with E-state index in [-0.39, 0.29) is 33.0 Å². The molecule has 0 rings (SSSR count). The van der Waals surface area contributed by atoms with Crippen LogP contribution in [0, 0.1) is 0 Å². The van der Waals surface area contributed by atoms with Crippen LogP contribution >= 0.6 is 0 Å². The van der Waals surface area contributed by atoms with Crippen LogP contribution in [-0.2, 0) is 53.7 Å². The predicted molar refractivity (Wildman–Crippen MR) is 29.9 cm³/mol. The van der Waals surface area contributed by atoms with Gasteiger partial charge in [-0.3, -0.25) is 13.7 Å². The van der Waals surface area contributed by atoms with Gasteiger partial charge >= 0.3 is 20.7 Å². The molecule has 0 saturated heterocycles. The van der Waals surface area contributed by atoms with Gasteiger partial charge in [0.15, 0.2) is 0 Å². The van der Waals surface area contributed by atoms with E-state index in [1.165, 1.54) is 0 Å². The average molecular weight is 313 g/mol. The van der Waals surface area contributed by atoms with Crippen LogP contribution in [0.5, 0.6) is 0 Å². The Kier molecular flexibility index (Phi) is 16.0. The van der Waals surface area contributed by atoms with Crippen molar-refractivity contribution in [1.29, 1.82) is 0 Å². The first-order chi connectivity index (χ1) is 4.00. The van der Waals surface area contributed by atoms with Crippen LogP contribution in [0.25, 0.3) is 0 Å². The van der Waals surface area contributed by atoms with Gasteiger partial charge in [0.25, 0.3) is 0 Å². The number of hydrogen-bond acceptors (Lipinski definition) is 4. The van der Waals surface area contributed by atoms with Gasteiger partial charge < -0.3 is 0 Å². The molecular weight excluding hydrogens is 308 g/mol. The Labute approximate surface area is 89.2 Å². The van der Waals surface area contributed by atoms with Crippen LogP contribution in [0.15, 0.2) is 0 Å². The molecule has 0 unspecified atom stereocenters. The Morgan fingerprint density at radius 3 is 0.833 bits per heavy atom. The van der Waals surface area contributed by atoms with E-state index in [2.05, 4.69) is 5.14 Å². The van der Waals surface area contributed by atoms with Gasteiger partial charge in [-0.1, -0.05) is 0 Å². The number of hydrogen-bond donors (Lipinski definition) is 4. The van der Waals surface area contributed by atoms with Crippen LogP contribution < -0.4 is 5.14 Å².